The lowest BCUT2D eigenvalue weighted by atomic mass is 10.1. The van der Waals surface area contributed by atoms with Crippen LogP contribution in [0.2, 0.25) is 0 Å². The zero-order valence-corrected chi connectivity index (χ0v) is 16.5. The first-order valence-corrected chi connectivity index (χ1v) is 9.34. The van der Waals surface area contributed by atoms with Crippen LogP contribution in [0.1, 0.15) is 35.6 Å². The van der Waals surface area contributed by atoms with Crippen LogP contribution in [0.4, 0.5) is 8.78 Å². The summed E-state index contributed by atoms with van der Waals surface area (Å²) in [5, 5.41) is 0. The molecule has 0 aliphatic rings. The van der Waals surface area contributed by atoms with Crippen molar-refractivity contribution >= 4 is 0 Å². The van der Waals surface area contributed by atoms with Gasteiger partial charge in [-0.05, 0) is 61.2 Å². The number of hydrogen-bond acceptors (Lipinski definition) is 3. The van der Waals surface area contributed by atoms with Gasteiger partial charge in [0.05, 0.1) is 12.1 Å². The lowest BCUT2D eigenvalue weighted by Crippen LogP contribution is -2.33. The number of aromatic nitrogens is 2. The monoisotopic (exact) mass is 400 g/mol. The number of halogens is 2. The highest BCUT2D eigenvalue weighted by Gasteiger charge is 2.18. The molecule has 2 aromatic carbocycles. The maximum Gasteiger partial charge on any atom is 0.331 e. The van der Waals surface area contributed by atoms with Crippen molar-refractivity contribution in [1.82, 2.24) is 9.55 Å². The van der Waals surface area contributed by atoms with Crippen molar-refractivity contribution in [3.8, 4) is 11.6 Å². The Morgan fingerprint density at radius 3 is 2.17 bits per heavy atom. The summed E-state index contributed by atoms with van der Waals surface area (Å²) in [4.78, 5) is 27.2. The summed E-state index contributed by atoms with van der Waals surface area (Å²) in [5.74, 6) is -0.939. The lowest BCUT2D eigenvalue weighted by molar-refractivity contribution is 0.412. The standard InChI is InChI=1S/C22H22F2N2O3/c1-4-5-19-20(27)25-22(28)26(12-15-9-16(23)11-17(24)10-15)21(19)29-18-7-13(2)6-14(3)8-18/h6-11H,4-5,12H2,1-3H3,(H,25,27,28). The van der Waals surface area contributed by atoms with Gasteiger partial charge in [0.2, 0.25) is 5.88 Å². The molecule has 0 spiro atoms. The van der Waals surface area contributed by atoms with Gasteiger partial charge < -0.3 is 4.74 Å². The van der Waals surface area contributed by atoms with Gasteiger partial charge in [0.1, 0.15) is 17.4 Å². The largest absolute Gasteiger partial charge is 0.440 e. The maximum atomic E-state index is 13.6. The zero-order valence-electron chi connectivity index (χ0n) is 16.5. The van der Waals surface area contributed by atoms with Gasteiger partial charge in [0.15, 0.2) is 0 Å². The minimum atomic E-state index is -0.747. The van der Waals surface area contributed by atoms with Crippen LogP contribution in [-0.2, 0) is 13.0 Å². The smallest absolute Gasteiger partial charge is 0.331 e. The molecule has 0 fully saturated rings. The highest BCUT2D eigenvalue weighted by Crippen LogP contribution is 2.26. The van der Waals surface area contributed by atoms with Gasteiger partial charge in [-0.1, -0.05) is 19.4 Å². The molecule has 1 heterocycles. The van der Waals surface area contributed by atoms with E-state index in [2.05, 4.69) is 4.98 Å². The van der Waals surface area contributed by atoms with Gasteiger partial charge in [-0.3, -0.25) is 14.3 Å². The minimum absolute atomic E-state index is 0.0790. The van der Waals surface area contributed by atoms with Crippen LogP contribution in [0.3, 0.4) is 0 Å². The molecule has 7 heteroatoms. The van der Waals surface area contributed by atoms with Crippen LogP contribution in [0.25, 0.3) is 0 Å². The molecule has 0 aliphatic carbocycles. The summed E-state index contributed by atoms with van der Waals surface area (Å²) in [7, 11) is 0. The number of rotatable bonds is 6. The van der Waals surface area contributed by atoms with E-state index >= 15 is 0 Å². The number of nitrogens with one attached hydrogen (secondary N) is 1. The molecule has 3 rings (SSSR count). The Labute approximate surface area is 166 Å². The van der Waals surface area contributed by atoms with E-state index in [4.69, 9.17) is 4.74 Å². The third kappa shape index (κ3) is 4.80. The van der Waals surface area contributed by atoms with Crippen molar-refractivity contribution < 1.29 is 13.5 Å². The number of benzene rings is 2. The molecule has 0 amide bonds. The number of ether oxygens (including phenoxy) is 1. The van der Waals surface area contributed by atoms with Crippen LogP contribution >= 0.6 is 0 Å². The van der Waals surface area contributed by atoms with E-state index in [-0.39, 0.29) is 18.0 Å². The minimum Gasteiger partial charge on any atom is -0.440 e. The first-order valence-electron chi connectivity index (χ1n) is 9.34. The molecule has 1 aromatic heterocycles. The highest BCUT2D eigenvalue weighted by molar-refractivity contribution is 5.37. The Morgan fingerprint density at radius 1 is 0.966 bits per heavy atom. The summed E-state index contributed by atoms with van der Waals surface area (Å²) in [5.41, 5.74) is 1.23. The second-order valence-electron chi connectivity index (χ2n) is 7.08. The maximum absolute atomic E-state index is 13.6. The molecule has 29 heavy (non-hydrogen) atoms. The fourth-order valence-corrected chi connectivity index (χ4v) is 3.31. The van der Waals surface area contributed by atoms with Gasteiger partial charge in [-0.15, -0.1) is 0 Å². The molecule has 0 unspecified atom stereocenters. The highest BCUT2D eigenvalue weighted by atomic mass is 19.1. The zero-order chi connectivity index (χ0) is 21.1. The fraction of sp³-hybridized carbons (Fsp3) is 0.273. The average Bonchev–Trinajstić information content (AvgIpc) is 2.60. The van der Waals surface area contributed by atoms with Crippen molar-refractivity contribution in [3.05, 3.63) is 91.1 Å². The number of aromatic amines is 1. The van der Waals surface area contributed by atoms with Gasteiger partial charge in [-0.2, -0.15) is 0 Å². The quantitative estimate of drug-likeness (QED) is 0.674. The van der Waals surface area contributed by atoms with Crippen LogP contribution < -0.4 is 16.0 Å². The molecule has 5 nitrogen and oxygen atoms in total. The van der Waals surface area contributed by atoms with E-state index in [0.29, 0.717) is 24.2 Å². The van der Waals surface area contributed by atoms with E-state index in [0.717, 1.165) is 29.3 Å². The molecule has 3 aromatic rings. The van der Waals surface area contributed by atoms with Gasteiger partial charge in [0.25, 0.3) is 5.56 Å². The number of aryl methyl sites for hydroxylation is 2. The lowest BCUT2D eigenvalue weighted by Gasteiger charge is -2.17. The molecule has 0 saturated heterocycles. The first-order chi connectivity index (χ1) is 13.8. The Balaban J connectivity index is 2.17. The summed E-state index contributed by atoms with van der Waals surface area (Å²) in [6, 6.07) is 8.59. The Hall–Kier alpha value is -3.22. The molecule has 0 bridgehead atoms. The number of nitrogens with zero attached hydrogens (tertiary/aromatic N) is 1. The summed E-state index contributed by atoms with van der Waals surface area (Å²) in [6.07, 6.45) is 1.03. The third-order valence-corrected chi connectivity index (χ3v) is 4.42. The van der Waals surface area contributed by atoms with E-state index in [1.807, 2.05) is 26.8 Å². The molecule has 0 saturated carbocycles. The summed E-state index contributed by atoms with van der Waals surface area (Å²) >= 11 is 0. The predicted octanol–water partition coefficient (Wildman–Crippen LogP) is 4.22. The van der Waals surface area contributed by atoms with Crippen molar-refractivity contribution in [1.29, 1.82) is 0 Å². The van der Waals surface area contributed by atoms with E-state index in [1.54, 1.807) is 12.1 Å². The van der Waals surface area contributed by atoms with Crippen LogP contribution in [0.5, 0.6) is 11.6 Å². The Morgan fingerprint density at radius 2 is 1.59 bits per heavy atom. The topological polar surface area (TPSA) is 64.1 Å². The predicted molar refractivity (Wildman–Crippen MR) is 107 cm³/mol. The Bertz CT molecular complexity index is 1130. The van der Waals surface area contributed by atoms with Gasteiger partial charge in [0, 0.05) is 6.07 Å². The van der Waals surface area contributed by atoms with E-state index < -0.39 is 22.9 Å². The molecule has 0 atom stereocenters. The van der Waals surface area contributed by atoms with Gasteiger partial charge >= 0.3 is 5.69 Å². The van der Waals surface area contributed by atoms with Gasteiger partial charge in [-0.25, -0.2) is 13.6 Å². The molecule has 0 aliphatic heterocycles. The fourth-order valence-electron chi connectivity index (χ4n) is 3.31. The summed E-state index contributed by atoms with van der Waals surface area (Å²) in [6.45, 7) is 5.57. The number of H-pyrrole nitrogens is 1. The SMILES string of the molecule is CCCc1c(Oc2cc(C)cc(C)c2)n(Cc2cc(F)cc(F)c2)c(=O)[nH]c1=O. The second kappa shape index (κ2) is 8.43. The third-order valence-electron chi connectivity index (χ3n) is 4.42. The normalized spacial score (nSPS) is 10.9. The molecule has 0 radical (unpaired) electrons. The average molecular weight is 400 g/mol. The van der Waals surface area contributed by atoms with Crippen LogP contribution in [-0.4, -0.2) is 9.55 Å². The van der Waals surface area contributed by atoms with Crippen LogP contribution in [0, 0.1) is 25.5 Å². The molecule has 1 N–H and O–H groups in total. The second-order valence-corrected chi connectivity index (χ2v) is 7.08. The first kappa shape index (κ1) is 20.5. The molecule has 152 valence electrons. The van der Waals surface area contributed by atoms with Crippen molar-refractivity contribution in [2.24, 2.45) is 0 Å². The Kier molecular flexibility index (Phi) is 5.96. The molecular weight excluding hydrogens is 378 g/mol. The van der Waals surface area contributed by atoms with E-state index in [9.17, 15) is 18.4 Å². The van der Waals surface area contributed by atoms with Crippen molar-refractivity contribution in [2.45, 2.75) is 40.2 Å². The van der Waals surface area contributed by atoms with Crippen molar-refractivity contribution in [2.75, 3.05) is 0 Å². The molecular formula is C22H22F2N2O3. The van der Waals surface area contributed by atoms with Crippen molar-refractivity contribution in [3.63, 3.8) is 0 Å². The summed E-state index contributed by atoms with van der Waals surface area (Å²) < 4.78 is 34.4. The number of hydrogen-bond donors (Lipinski definition) is 1. The van der Waals surface area contributed by atoms with E-state index in [1.165, 1.54) is 4.57 Å². The van der Waals surface area contributed by atoms with Crippen LogP contribution in [0.15, 0.2) is 46.0 Å².